The highest BCUT2D eigenvalue weighted by Gasteiger charge is 2.24. The molecule has 1 aliphatic rings. The second-order valence-corrected chi connectivity index (χ2v) is 7.14. The number of fused-ring (bicyclic) bond motifs is 2. The maximum atomic E-state index is 12.5. The van der Waals surface area contributed by atoms with Gasteiger partial charge in [0.15, 0.2) is 0 Å². The van der Waals surface area contributed by atoms with Crippen LogP contribution in [-0.2, 0) is 22.4 Å². The molecule has 0 fully saturated rings. The Hall–Kier alpha value is -4.06. The zero-order valence-electron chi connectivity index (χ0n) is 17.5. The molecule has 1 amide bonds. The van der Waals surface area contributed by atoms with E-state index in [-0.39, 0.29) is 13.2 Å². The predicted molar refractivity (Wildman–Crippen MR) is 122 cm³/mol. The summed E-state index contributed by atoms with van der Waals surface area (Å²) in [5, 5.41) is 4.28. The van der Waals surface area contributed by atoms with Crippen molar-refractivity contribution in [3.8, 4) is 17.2 Å². The first kappa shape index (κ1) is 21.2. The number of allylic oxidation sites excluding steroid dienone is 2. The quantitative estimate of drug-likeness (QED) is 0.245. The number of ether oxygens (including phenoxy) is 3. The normalized spacial score (nSPS) is 12.0. The zero-order valence-corrected chi connectivity index (χ0v) is 17.5. The molecular weight excluding hydrogens is 406 g/mol. The zero-order chi connectivity index (χ0) is 22.3. The largest absolute Gasteiger partial charge is 0.461 e. The van der Waals surface area contributed by atoms with E-state index in [0.29, 0.717) is 18.6 Å². The van der Waals surface area contributed by atoms with E-state index in [9.17, 15) is 9.59 Å². The molecule has 4 rings (SSSR count). The highest BCUT2D eigenvalue weighted by Crippen LogP contribution is 2.44. The molecule has 1 aliphatic carbocycles. The summed E-state index contributed by atoms with van der Waals surface area (Å²) in [5.74, 6) is 1.49. The number of amides is 1. The second-order valence-electron chi connectivity index (χ2n) is 7.14. The van der Waals surface area contributed by atoms with Gasteiger partial charge in [-0.15, -0.1) is 0 Å². The van der Waals surface area contributed by atoms with Crippen LogP contribution < -0.4 is 14.8 Å². The third kappa shape index (κ3) is 4.64. The Morgan fingerprint density at radius 2 is 1.53 bits per heavy atom. The van der Waals surface area contributed by atoms with Crippen molar-refractivity contribution in [2.24, 2.45) is 0 Å². The van der Waals surface area contributed by atoms with Gasteiger partial charge in [0.1, 0.15) is 23.9 Å². The monoisotopic (exact) mass is 429 g/mol. The van der Waals surface area contributed by atoms with Gasteiger partial charge in [-0.05, 0) is 25.0 Å². The molecule has 0 unspecified atom stereocenters. The third-order valence-corrected chi connectivity index (χ3v) is 5.08. The molecule has 162 valence electrons. The molecule has 6 nitrogen and oxygen atoms in total. The van der Waals surface area contributed by atoms with Gasteiger partial charge in [0.05, 0.1) is 6.54 Å². The fraction of sp³-hybridized carbons (Fsp3) is 0.154. The molecule has 3 aromatic carbocycles. The number of benzene rings is 3. The number of hydrogen-bond acceptors (Lipinski definition) is 5. The van der Waals surface area contributed by atoms with Crippen LogP contribution >= 0.6 is 0 Å². The average molecular weight is 429 g/mol. The summed E-state index contributed by atoms with van der Waals surface area (Å²) in [6.07, 6.45) is 5.92. The van der Waals surface area contributed by atoms with Crippen LogP contribution in [0.3, 0.4) is 0 Å². The third-order valence-electron chi connectivity index (χ3n) is 5.08. The SMILES string of the molecule is C=CC(=O)OCCNC(=O)Oc1c2c(c(Oc3ccccc3)c3ccccc13)CC=CC2. The number of nitrogens with one attached hydrogen (secondary N) is 1. The fourth-order valence-corrected chi connectivity index (χ4v) is 3.64. The van der Waals surface area contributed by atoms with E-state index in [0.717, 1.165) is 39.5 Å². The number of para-hydroxylation sites is 1. The van der Waals surface area contributed by atoms with E-state index in [1.807, 2.05) is 54.6 Å². The molecule has 0 atom stereocenters. The summed E-state index contributed by atoms with van der Waals surface area (Å²) in [6, 6.07) is 17.3. The maximum Gasteiger partial charge on any atom is 0.412 e. The first-order valence-electron chi connectivity index (χ1n) is 10.4. The van der Waals surface area contributed by atoms with E-state index in [2.05, 4.69) is 24.0 Å². The lowest BCUT2D eigenvalue weighted by Gasteiger charge is -2.23. The Bertz CT molecular complexity index is 1180. The minimum Gasteiger partial charge on any atom is -0.461 e. The smallest absolute Gasteiger partial charge is 0.412 e. The topological polar surface area (TPSA) is 73.9 Å². The Kier molecular flexibility index (Phi) is 6.51. The number of carbonyl (C=O) groups is 2. The molecule has 0 saturated heterocycles. The molecule has 32 heavy (non-hydrogen) atoms. The van der Waals surface area contributed by atoms with Crippen molar-refractivity contribution in [3.05, 3.63) is 90.5 Å². The van der Waals surface area contributed by atoms with E-state index in [1.54, 1.807) is 0 Å². The fourth-order valence-electron chi connectivity index (χ4n) is 3.64. The minimum absolute atomic E-state index is 0.0331. The number of carbonyl (C=O) groups excluding carboxylic acids is 2. The first-order chi connectivity index (χ1) is 15.7. The summed E-state index contributed by atoms with van der Waals surface area (Å²) in [6.45, 7) is 3.50. The minimum atomic E-state index is -0.613. The van der Waals surface area contributed by atoms with Crippen LogP contribution in [0.2, 0.25) is 0 Å². The molecule has 0 aliphatic heterocycles. The standard InChI is InChI=1S/C26H23NO5/c1-2-23(28)30-17-16-27-26(29)32-25-21-14-8-6-12-19(21)24(20-13-7-9-15-22(20)25)31-18-10-4-3-5-11-18/h2-12,14H,1,13,15-17H2,(H,27,29). The Morgan fingerprint density at radius 3 is 2.22 bits per heavy atom. The maximum absolute atomic E-state index is 12.5. The molecule has 0 heterocycles. The van der Waals surface area contributed by atoms with Crippen molar-refractivity contribution in [2.45, 2.75) is 12.8 Å². The van der Waals surface area contributed by atoms with Gasteiger partial charge >= 0.3 is 12.1 Å². The van der Waals surface area contributed by atoms with E-state index >= 15 is 0 Å². The Labute approximate surface area is 186 Å². The van der Waals surface area contributed by atoms with Gasteiger partial charge in [0, 0.05) is 28.0 Å². The number of rotatable bonds is 7. The van der Waals surface area contributed by atoms with Crippen LogP contribution in [0.5, 0.6) is 17.2 Å². The molecule has 0 saturated carbocycles. The Morgan fingerprint density at radius 1 is 0.906 bits per heavy atom. The van der Waals surface area contributed by atoms with Crippen molar-refractivity contribution in [2.75, 3.05) is 13.2 Å². The second kappa shape index (κ2) is 9.83. The first-order valence-corrected chi connectivity index (χ1v) is 10.4. The molecule has 0 bridgehead atoms. The molecule has 1 N–H and O–H groups in total. The molecule has 3 aromatic rings. The van der Waals surface area contributed by atoms with E-state index in [4.69, 9.17) is 14.2 Å². The molecule has 0 radical (unpaired) electrons. The molecule has 6 heteroatoms. The molecule has 0 spiro atoms. The van der Waals surface area contributed by atoms with Crippen LogP contribution in [0, 0.1) is 0 Å². The summed E-state index contributed by atoms with van der Waals surface area (Å²) in [5.41, 5.74) is 1.92. The molecule has 0 aromatic heterocycles. The van der Waals surface area contributed by atoms with Crippen molar-refractivity contribution >= 4 is 22.8 Å². The van der Waals surface area contributed by atoms with Gasteiger partial charge in [0.25, 0.3) is 0 Å². The Balaban J connectivity index is 1.65. The van der Waals surface area contributed by atoms with Crippen molar-refractivity contribution in [1.82, 2.24) is 5.32 Å². The van der Waals surface area contributed by atoms with E-state index in [1.165, 1.54) is 0 Å². The lowest BCUT2D eigenvalue weighted by atomic mass is 9.90. The van der Waals surface area contributed by atoms with Gasteiger partial charge in [0.2, 0.25) is 0 Å². The lowest BCUT2D eigenvalue weighted by Crippen LogP contribution is -2.31. The van der Waals surface area contributed by atoms with Gasteiger partial charge in [-0.25, -0.2) is 9.59 Å². The van der Waals surface area contributed by atoms with Crippen LogP contribution in [0.15, 0.2) is 79.4 Å². The highest BCUT2D eigenvalue weighted by atomic mass is 16.6. The van der Waals surface area contributed by atoms with Crippen LogP contribution in [-0.4, -0.2) is 25.2 Å². The van der Waals surface area contributed by atoms with Gasteiger partial charge < -0.3 is 19.5 Å². The van der Waals surface area contributed by atoms with Gasteiger partial charge in [-0.3, -0.25) is 0 Å². The number of esters is 1. The summed E-state index contributed by atoms with van der Waals surface area (Å²) >= 11 is 0. The number of hydrogen-bond donors (Lipinski definition) is 1. The summed E-state index contributed by atoms with van der Waals surface area (Å²) in [7, 11) is 0. The van der Waals surface area contributed by atoms with Crippen LogP contribution in [0.25, 0.3) is 10.8 Å². The van der Waals surface area contributed by atoms with Gasteiger partial charge in [-0.2, -0.15) is 0 Å². The summed E-state index contributed by atoms with van der Waals surface area (Å²) < 4.78 is 17.0. The molecular formula is C26H23NO5. The van der Waals surface area contributed by atoms with Crippen molar-refractivity contribution in [1.29, 1.82) is 0 Å². The average Bonchev–Trinajstić information content (AvgIpc) is 2.84. The van der Waals surface area contributed by atoms with Crippen LogP contribution in [0.4, 0.5) is 4.79 Å². The lowest BCUT2D eigenvalue weighted by molar-refractivity contribution is -0.137. The predicted octanol–water partition coefficient (Wildman–Crippen LogP) is 5.10. The van der Waals surface area contributed by atoms with Crippen molar-refractivity contribution < 1.29 is 23.8 Å². The highest BCUT2D eigenvalue weighted by molar-refractivity contribution is 5.98. The van der Waals surface area contributed by atoms with E-state index < -0.39 is 12.1 Å². The summed E-state index contributed by atoms with van der Waals surface area (Å²) in [4.78, 5) is 23.6. The van der Waals surface area contributed by atoms with Gasteiger partial charge in [-0.1, -0.05) is 61.2 Å². The van der Waals surface area contributed by atoms with Crippen molar-refractivity contribution in [3.63, 3.8) is 0 Å². The van der Waals surface area contributed by atoms with Crippen LogP contribution in [0.1, 0.15) is 11.1 Å².